The largest absolute Gasteiger partial charge is 0.481 e. The molecule has 3 N–H and O–H groups in total. The van der Waals surface area contributed by atoms with E-state index in [1.165, 1.54) is 50.5 Å². The van der Waals surface area contributed by atoms with Crippen LogP contribution in [0, 0.1) is 46.3 Å². The second kappa shape index (κ2) is 11.8. The average Bonchev–Trinajstić information content (AvgIpc) is 3.20. The van der Waals surface area contributed by atoms with Gasteiger partial charge in [-0.2, -0.15) is 0 Å². The van der Waals surface area contributed by atoms with Gasteiger partial charge >= 0.3 is 17.9 Å². The normalized spacial score (nSPS) is 37.4. The van der Waals surface area contributed by atoms with Crippen molar-refractivity contribution in [1.82, 2.24) is 0 Å². The number of carboxylic acid groups (broad SMARTS) is 2. The van der Waals surface area contributed by atoms with Gasteiger partial charge < -0.3 is 20.1 Å². The number of hydrogen-bond donors (Lipinski definition) is 3. The van der Waals surface area contributed by atoms with Gasteiger partial charge in [-0.1, -0.05) is 65.5 Å². The molecular formula is C33H52O7. The molecule has 0 aliphatic heterocycles. The Morgan fingerprint density at radius 1 is 1.00 bits per heavy atom. The Balaban J connectivity index is 1.40. The standard InChI is InChI=1S/C33H52O7/c1-20(2)7-6-8-21(3)25-11-12-26-24-10-9-22-17-23(13-15-31(22,4)27(24)14-16-32(25,26)5)40-29(36)19-33(39,30(37)38)18-28(34)35/h9,20-21,23-27,39H,6-8,10-19H2,1-5H3,(H,34,35)(H,37,38)/t21-,23+,24+,25-,26+,27+,31+,32-,33?/m1/s1. The van der Waals surface area contributed by atoms with Crippen LogP contribution < -0.4 is 0 Å². The van der Waals surface area contributed by atoms with Crippen molar-refractivity contribution in [3.05, 3.63) is 11.6 Å². The van der Waals surface area contributed by atoms with Gasteiger partial charge in [-0.15, -0.1) is 0 Å². The molecule has 7 heteroatoms. The number of aliphatic hydroxyl groups is 1. The Morgan fingerprint density at radius 3 is 2.38 bits per heavy atom. The van der Waals surface area contributed by atoms with Crippen LogP contribution in [0.15, 0.2) is 11.6 Å². The first-order chi connectivity index (χ1) is 18.7. The summed E-state index contributed by atoms with van der Waals surface area (Å²) in [6, 6.07) is 0. The number of carbonyl (C=O) groups excluding carboxylic acids is 1. The molecule has 0 amide bonds. The maximum atomic E-state index is 12.6. The number of ether oxygens (including phenoxy) is 1. The Hall–Kier alpha value is -1.89. The van der Waals surface area contributed by atoms with E-state index in [-0.39, 0.29) is 11.5 Å². The maximum absolute atomic E-state index is 12.6. The number of carboxylic acids is 2. The number of aliphatic carboxylic acids is 2. The predicted molar refractivity (Wildman–Crippen MR) is 152 cm³/mol. The number of esters is 1. The molecule has 0 aromatic carbocycles. The molecule has 1 unspecified atom stereocenters. The molecule has 0 saturated heterocycles. The number of hydrogen-bond acceptors (Lipinski definition) is 5. The van der Waals surface area contributed by atoms with Gasteiger partial charge in [-0.05, 0) is 91.3 Å². The van der Waals surface area contributed by atoms with Gasteiger partial charge in [0.15, 0.2) is 5.60 Å². The third kappa shape index (κ3) is 6.00. The highest BCUT2D eigenvalue weighted by atomic mass is 16.5. The summed E-state index contributed by atoms with van der Waals surface area (Å²) in [5.41, 5.74) is -0.774. The lowest BCUT2D eigenvalue weighted by Crippen LogP contribution is -2.51. The Labute approximate surface area is 240 Å². The highest BCUT2D eigenvalue weighted by Gasteiger charge is 2.59. The second-order valence-electron chi connectivity index (χ2n) is 14.7. The average molecular weight is 561 g/mol. The molecule has 0 aromatic heterocycles. The molecule has 3 fully saturated rings. The molecule has 226 valence electrons. The lowest BCUT2D eigenvalue weighted by atomic mass is 9.47. The summed E-state index contributed by atoms with van der Waals surface area (Å²) in [5, 5.41) is 28.5. The van der Waals surface area contributed by atoms with Gasteiger partial charge in [0.1, 0.15) is 6.10 Å². The van der Waals surface area contributed by atoms with Crippen molar-refractivity contribution in [2.75, 3.05) is 0 Å². The van der Waals surface area contributed by atoms with Gasteiger partial charge in [0.05, 0.1) is 12.8 Å². The van der Waals surface area contributed by atoms with Crippen LogP contribution in [0.1, 0.15) is 118 Å². The molecular weight excluding hydrogens is 508 g/mol. The Morgan fingerprint density at radius 2 is 1.73 bits per heavy atom. The quantitative estimate of drug-likeness (QED) is 0.192. The highest BCUT2D eigenvalue weighted by molar-refractivity contribution is 5.88. The van der Waals surface area contributed by atoms with Crippen LogP contribution in [-0.2, 0) is 19.1 Å². The van der Waals surface area contributed by atoms with Crippen LogP contribution in [0.4, 0.5) is 0 Å². The molecule has 0 aromatic rings. The Bertz CT molecular complexity index is 1000. The smallest absolute Gasteiger partial charge is 0.336 e. The highest BCUT2D eigenvalue weighted by Crippen LogP contribution is 2.67. The number of rotatable bonds is 11. The first kappa shape index (κ1) is 31.1. The monoisotopic (exact) mass is 560 g/mol. The van der Waals surface area contributed by atoms with Gasteiger partial charge in [0.25, 0.3) is 0 Å². The zero-order chi connectivity index (χ0) is 29.5. The molecule has 9 atom stereocenters. The third-order valence-corrected chi connectivity index (χ3v) is 11.8. The zero-order valence-electron chi connectivity index (χ0n) is 25.3. The molecule has 0 spiro atoms. The van der Waals surface area contributed by atoms with Gasteiger partial charge in [0, 0.05) is 6.42 Å². The molecule has 40 heavy (non-hydrogen) atoms. The maximum Gasteiger partial charge on any atom is 0.336 e. The zero-order valence-corrected chi connectivity index (χ0v) is 25.3. The molecule has 4 aliphatic rings. The van der Waals surface area contributed by atoms with Gasteiger partial charge in [-0.3, -0.25) is 9.59 Å². The van der Waals surface area contributed by atoms with Crippen molar-refractivity contribution in [3.8, 4) is 0 Å². The fraction of sp³-hybridized carbons (Fsp3) is 0.848. The van der Waals surface area contributed by atoms with Crippen LogP contribution in [0.5, 0.6) is 0 Å². The van der Waals surface area contributed by atoms with E-state index < -0.39 is 36.4 Å². The molecule has 0 heterocycles. The van der Waals surface area contributed by atoms with E-state index in [1.807, 2.05) is 0 Å². The van der Waals surface area contributed by atoms with E-state index in [4.69, 9.17) is 9.84 Å². The number of carbonyl (C=O) groups is 3. The second-order valence-corrected chi connectivity index (χ2v) is 14.7. The van der Waals surface area contributed by atoms with Crippen molar-refractivity contribution < 1.29 is 34.4 Å². The minimum Gasteiger partial charge on any atom is -0.481 e. The van der Waals surface area contributed by atoms with E-state index in [1.54, 1.807) is 0 Å². The Kier molecular flexibility index (Phi) is 9.14. The van der Waals surface area contributed by atoms with E-state index in [2.05, 4.69) is 40.7 Å². The van der Waals surface area contributed by atoms with Crippen molar-refractivity contribution in [2.24, 2.45) is 46.3 Å². The number of fused-ring (bicyclic) bond motifs is 5. The van der Waals surface area contributed by atoms with Crippen molar-refractivity contribution >= 4 is 17.9 Å². The first-order valence-electron chi connectivity index (χ1n) is 15.8. The molecule has 0 radical (unpaired) electrons. The van der Waals surface area contributed by atoms with E-state index in [0.29, 0.717) is 30.1 Å². The molecule has 4 aliphatic carbocycles. The first-order valence-corrected chi connectivity index (χ1v) is 15.8. The molecule has 7 nitrogen and oxygen atoms in total. The summed E-state index contributed by atoms with van der Waals surface area (Å²) < 4.78 is 5.63. The van der Waals surface area contributed by atoms with Crippen LogP contribution >= 0.6 is 0 Å². The number of allylic oxidation sites excluding steroid dienone is 1. The van der Waals surface area contributed by atoms with E-state index >= 15 is 0 Å². The molecule has 3 saturated carbocycles. The fourth-order valence-electron chi connectivity index (χ4n) is 9.68. The minimum absolute atomic E-state index is 0.0965. The minimum atomic E-state index is -2.66. The van der Waals surface area contributed by atoms with Crippen molar-refractivity contribution in [2.45, 2.75) is 130 Å². The fourth-order valence-corrected chi connectivity index (χ4v) is 9.68. The predicted octanol–water partition coefficient (Wildman–Crippen LogP) is 6.62. The van der Waals surface area contributed by atoms with Crippen molar-refractivity contribution in [1.29, 1.82) is 0 Å². The van der Waals surface area contributed by atoms with Crippen molar-refractivity contribution in [3.63, 3.8) is 0 Å². The van der Waals surface area contributed by atoms with Gasteiger partial charge in [0.2, 0.25) is 0 Å². The lowest BCUT2D eigenvalue weighted by Gasteiger charge is -2.58. The van der Waals surface area contributed by atoms with Crippen LogP contribution in [0.3, 0.4) is 0 Å². The van der Waals surface area contributed by atoms with E-state index in [9.17, 15) is 24.6 Å². The summed E-state index contributed by atoms with van der Waals surface area (Å²) in [4.78, 5) is 35.0. The van der Waals surface area contributed by atoms with Crippen LogP contribution in [-0.4, -0.2) is 44.9 Å². The van der Waals surface area contributed by atoms with Crippen LogP contribution in [0.25, 0.3) is 0 Å². The van der Waals surface area contributed by atoms with Gasteiger partial charge in [-0.25, -0.2) is 4.79 Å². The van der Waals surface area contributed by atoms with Crippen LogP contribution in [0.2, 0.25) is 0 Å². The summed E-state index contributed by atoms with van der Waals surface area (Å²) in [6.07, 6.45) is 12.8. The van der Waals surface area contributed by atoms with E-state index in [0.717, 1.165) is 36.5 Å². The summed E-state index contributed by atoms with van der Waals surface area (Å²) in [5.74, 6) is 0.449. The summed E-state index contributed by atoms with van der Waals surface area (Å²) in [6.45, 7) is 12.2. The molecule has 4 rings (SSSR count). The lowest BCUT2D eigenvalue weighted by molar-refractivity contribution is -0.174. The summed E-state index contributed by atoms with van der Waals surface area (Å²) >= 11 is 0. The topological polar surface area (TPSA) is 121 Å². The SMILES string of the molecule is CC(C)CCC[C@@H](C)[C@H]1CC[C@H]2[C@@H]3CC=C4C[C@@H](OC(=O)CC(O)(CC(=O)O)C(=O)O)CC[C@]4(C)[C@H]3CC[C@]12C. The molecule has 0 bridgehead atoms. The third-order valence-electron chi connectivity index (χ3n) is 11.8. The summed E-state index contributed by atoms with van der Waals surface area (Å²) in [7, 11) is 0.